The molecule has 1 aliphatic rings. The van der Waals surface area contributed by atoms with Crippen molar-refractivity contribution in [2.75, 3.05) is 19.7 Å². The van der Waals surface area contributed by atoms with E-state index in [1.54, 1.807) is 4.90 Å². The number of aliphatic carboxylic acids is 1. The third-order valence-corrected chi connectivity index (χ3v) is 1.91. The topological polar surface area (TPSA) is 60.5 Å². The van der Waals surface area contributed by atoms with Crippen molar-refractivity contribution in [3.8, 4) is 0 Å². The Hall–Kier alpha value is -0.610. The quantitative estimate of drug-likeness (QED) is 0.507. The van der Waals surface area contributed by atoms with Gasteiger partial charge in [0.1, 0.15) is 5.54 Å². The Morgan fingerprint density at radius 2 is 2.20 bits per heavy atom. The van der Waals surface area contributed by atoms with Crippen LogP contribution in [0.2, 0.25) is 0 Å². The molecule has 1 heterocycles. The van der Waals surface area contributed by atoms with E-state index in [4.69, 9.17) is 10.2 Å². The van der Waals surface area contributed by atoms with Crippen LogP contribution in [0.15, 0.2) is 0 Å². The molecule has 0 aromatic rings. The molecule has 1 fully saturated rings. The van der Waals surface area contributed by atoms with Crippen molar-refractivity contribution in [2.24, 2.45) is 0 Å². The van der Waals surface area contributed by atoms with Crippen molar-refractivity contribution in [3.05, 3.63) is 0 Å². The van der Waals surface area contributed by atoms with Crippen LogP contribution in [-0.4, -0.2) is 46.3 Å². The standard InChI is InChI=1S/C6H11NO3/c1-6(4-8,5(9)10)7-2-3-7/h8H,2-4H2,1H3,(H,9,10). The second-order valence-corrected chi connectivity index (χ2v) is 2.72. The number of carboxylic acid groups (broad SMARTS) is 1. The van der Waals surface area contributed by atoms with E-state index in [0.29, 0.717) is 0 Å². The van der Waals surface area contributed by atoms with Gasteiger partial charge < -0.3 is 10.2 Å². The number of aliphatic hydroxyl groups excluding tert-OH is 1. The van der Waals surface area contributed by atoms with Crippen molar-refractivity contribution in [1.29, 1.82) is 0 Å². The van der Waals surface area contributed by atoms with Crippen molar-refractivity contribution in [1.82, 2.24) is 4.90 Å². The first-order chi connectivity index (χ1) is 4.61. The van der Waals surface area contributed by atoms with E-state index in [1.165, 1.54) is 6.92 Å². The summed E-state index contributed by atoms with van der Waals surface area (Å²) in [5.74, 6) is -0.951. The van der Waals surface area contributed by atoms with Crippen LogP contribution >= 0.6 is 0 Å². The van der Waals surface area contributed by atoms with Crippen molar-refractivity contribution in [3.63, 3.8) is 0 Å². The Morgan fingerprint density at radius 1 is 1.70 bits per heavy atom. The Bertz CT molecular complexity index is 155. The molecule has 4 nitrogen and oxygen atoms in total. The number of hydrogen-bond acceptors (Lipinski definition) is 3. The smallest absolute Gasteiger partial charge is 0.326 e. The average molecular weight is 145 g/mol. The fraction of sp³-hybridized carbons (Fsp3) is 0.833. The minimum Gasteiger partial charge on any atom is -0.480 e. The van der Waals surface area contributed by atoms with Crippen LogP contribution < -0.4 is 0 Å². The van der Waals surface area contributed by atoms with Gasteiger partial charge in [0.25, 0.3) is 0 Å². The van der Waals surface area contributed by atoms with Gasteiger partial charge in [0.2, 0.25) is 0 Å². The molecular formula is C6H11NO3. The predicted octanol–water partition coefficient (Wildman–Crippen LogP) is -0.862. The van der Waals surface area contributed by atoms with Crippen LogP contribution in [0.25, 0.3) is 0 Å². The molecule has 1 rings (SSSR count). The molecule has 0 aromatic carbocycles. The highest BCUT2D eigenvalue weighted by Gasteiger charge is 2.44. The monoisotopic (exact) mass is 145 g/mol. The van der Waals surface area contributed by atoms with Gasteiger partial charge in [-0.2, -0.15) is 0 Å². The molecule has 1 atom stereocenters. The van der Waals surface area contributed by atoms with Crippen LogP contribution in [-0.2, 0) is 4.79 Å². The van der Waals surface area contributed by atoms with Gasteiger partial charge in [0.05, 0.1) is 6.61 Å². The second kappa shape index (κ2) is 2.21. The first-order valence-corrected chi connectivity index (χ1v) is 3.20. The predicted molar refractivity (Wildman–Crippen MR) is 34.7 cm³/mol. The number of carbonyl (C=O) groups is 1. The molecule has 2 N–H and O–H groups in total. The van der Waals surface area contributed by atoms with Gasteiger partial charge in [-0.05, 0) is 6.92 Å². The molecule has 0 amide bonds. The van der Waals surface area contributed by atoms with Crippen molar-refractivity contribution >= 4 is 5.97 Å². The zero-order valence-corrected chi connectivity index (χ0v) is 5.87. The largest absolute Gasteiger partial charge is 0.480 e. The molecule has 4 heteroatoms. The summed E-state index contributed by atoms with van der Waals surface area (Å²) in [5, 5.41) is 17.4. The lowest BCUT2D eigenvalue weighted by molar-refractivity contribution is -0.149. The van der Waals surface area contributed by atoms with E-state index in [9.17, 15) is 4.79 Å². The van der Waals surface area contributed by atoms with E-state index in [-0.39, 0.29) is 6.61 Å². The molecule has 0 radical (unpaired) electrons. The summed E-state index contributed by atoms with van der Waals surface area (Å²) in [6.07, 6.45) is 0. The van der Waals surface area contributed by atoms with Gasteiger partial charge in [-0.1, -0.05) is 0 Å². The van der Waals surface area contributed by atoms with E-state index in [2.05, 4.69) is 0 Å². The van der Waals surface area contributed by atoms with Gasteiger partial charge in [-0.15, -0.1) is 0 Å². The zero-order valence-electron chi connectivity index (χ0n) is 5.87. The van der Waals surface area contributed by atoms with Crippen LogP contribution in [0.3, 0.4) is 0 Å². The lowest BCUT2D eigenvalue weighted by Gasteiger charge is -2.22. The second-order valence-electron chi connectivity index (χ2n) is 2.72. The SMILES string of the molecule is CC(CO)(C(=O)O)N1CC1. The van der Waals surface area contributed by atoms with Crippen molar-refractivity contribution in [2.45, 2.75) is 12.5 Å². The van der Waals surface area contributed by atoms with Gasteiger partial charge in [0.15, 0.2) is 0 Å². The normalized spacial score (nSPS) is 23.8. The highest BCUT2D eigenvalue weighted by Crippen LogP contribution is 2.21. The Morgan fingerprint density at radius 3 is 2.30 bits per heavy atom. The number of nitrogens with zero attached hydrogens (tertiary/aromatic N) is 1. The fourth-order valence-electron chi connectivity index (χ4n) is 0.846. The highest BCUT2D eigenvalue weighted by molar-refractivity contribution is 5.78. The fourth-order valence-corrected chi connectivity index (χ4v) is 0.846. The van der Waals surface area contributed by atoms with E-state index < -0.39 is 11.5 Å². The first-order valence-electron chi connectivity index (χ1n) is 3.20. The molecule has 1 unspecified atom stereocenters. The highest BCUT2D eigenvalue weighted by atomic mass is 16.4. The minimum absolute atomic E-state index is 0.317. The third-order valence-electron chi connectivity index (χ3n) is 1.91. The third kappa shape index (κ3) is 0.998. The number of rotatable bonds is 3. The maximum atomic E-state index is 10.5. The maximum absolute atomic E-state index is 10.5. The molecule has 58 valence electrons. The van der Waals surface area contributed by atoms with E-state index in [0.717, 1.165) is 13.1 Å². The molecule has 0 aromatic heterocycles. The Kier molecular flexibility index (Phi) is 1.66. The first kappa shape index (κ1) is 7.50. The Balaban J connectivity index is 2.65. The molecule has 0 saturated carbocycles. The summed E-state index contributed by atoms with van der Waals surface area (Å²) < 4.78 is 0. The summed E-state index contributed by atoms with van der Waals surface area (Å²) in [7, 11) is 0. The molecular weight excluding hydrogens is 134 g/mol. The van der Waals surface area contributed by atoms with Crippen LogP contribution in [0, 0.1) is 0 Å². The van der Waals surface area contributed by atoms with Gasteiger partial charge in [-0.25, -0.2) is 0 Å². The summed E-state index contributed by atoms with van der Waals surface area (Å²) >= 11 is 0. The molecule has 0 spiro atoms. The minimum atomic E-state index is -1.04. The molecule has 1 aliphatic heterocycles. The Labute approximate surface area is 59.1 Å². The summed E-state index contributed by atoms with van der Waals surface area (Å²) in [4.78, 5) is 12.2. The summed E-state index contributed by atoms with van der Waals surface area (Å²) in [6, 6.07) is 0. The van der Waals surface area contributed by atoms with Gasteiger partial charge in [0, 0.05) is 13.1 Å². The number of hydrogen-bond donors (Lipinski definition) is 2. The van der Waals surface area contributed by atoms with Crippen molar-refractivity contribution < 1.29 is 15.0 Å². The lowest BCUT2D eigenvalue weighted by atomic mass is 10.1. The van der Waals surface area contributed by atoms with Crippen LogP contribution in [0.4, 0.5) is 0 Å². The van der Waals surface area contributed by atoms with Crippen LogP contribution in [0.1, 0.15) is 6.92 Å². The lowest BCUT2D eigenvalue weighted by Crippen LogP contribution is -2.46. The number of carboxylic acids is 1. The zero-order chi connectivity index (χ0) is 7.78. The van der Waals surface area contributed by atoms with Gasteiger partial charge >= 0.3 is 5.97 Å². The molecule has 1 saturated heterocycles. The molecule has 10 heavy (non-hydrogen) atoms. The maximum Gasteiger partial charge on any atom is 0.326 e. The summed E-state index contributed by atoms with van der Waals surface area (Å²) in [5.41, 5.74) is -1.04. The molecule has 0 aliphatic carbocycles. The van der Waals surface area contributed by atoms with E-state index >= 15 is 0 Å². The average Bonchev–Trinajstić information content (AvgIpc) is 2.67. The number of aliphatic hydroxyl groups is 1. The van der Waals surface area contributed by atoms with Crippen LogP contribution in [0.5, 0.6) is 0 Å². The van der Waals surface area contributed by atoms with E-state index in [1.807, 2.05) is 0 Å². The molecule has 0 bridgehead atoms. The van der Waals surface area contributed by atoms with Gasteiger partial charge in [-0.3, -0.25) is 9.69 Å². The summed E-state index contributed by atoms with van der Waals surface area (Å²) in [6.45, 7) is 2.78.